The lowest BCUT2D eigenvalue weighted by molar-refractivity contribution is 0.0706. The van der Waals surface area contributed by atoms with E-state index >= 15 is 0 Å². The molecule has 0 bridgehead atoms. The van der Waals surface area contributed by atoms with Crippen LogP contribution in [0.2, 0.25) is 0 Å². The average molecular weight is 339 g/mol. The molecule has 0 aliphatic heterocycles. The molecule has 3 aromatic rings. The maximum Gasteiger partial charge on any atom is 0.409 e. The number of rotatable bonds is 3. The highest BCUT2D eigenvalue weighted by Crippen LogP contribution is 2.17. The molecule has 8 heteroatoms. The first-order chi connectivity index (χ1) is 12.0. The number of pyridine rings is 1. The highest BCUT2D eigenvalue weighted by atomic mass is 16.5. The summed E-state index contributed by atoms with van der Waals surface area (Å²) >= 11 is 0. The zero-order valence-corrected chi connectivity index (χ0v) is 12.8. The number of nitrogens with one attached hydrogen (secondary N) is 2. The molecular formula is C17H13N3O5. The van der Waals surface area contributed by atoms with Gasteiger partial charge in [0.25, 0.3) is 11.5 Å². The molecule has 0 aliphatic carbocycles. The van der Waals surface area contributed by atoms with E-state index in [0.29, 0.717) is 22.1 Å². The van der Waals surface area contributed by atoms with Crippen LogP contribution in [-0.4, -0.2) is 26.9 Å². The average Bonchev–Trinajstić information content (AvgIpc) is 2.61. The van der Waals surface area contributed by atoms with Gasteiger partial charge < -0.3 is 5.11 Å². The first-order valence-corrected chi connectivity index (χ1v) is 7.20. The summed E-state index contributed by atoms with van der Waals surface area (Å²) in [6.45, 7) is 0. The van der Waals surface area contributed by atoms with Gasteiger partial charge in [-0.15, -0.1) is 0 Å². The Morgan fingerprint density at radius 3 is 2.56 bits per heavy atom. The van der Waals surface area contributed by atoms with E-state index < -0.39 is 12.0 Å². The third kappa shape index (κ3) is 3.19. The summed E-state index contributed by atoms with van der Waals surface area (Å²) in [5.41, 5.74) is 2.09. The zero-order valence-electron chi connectivity index (χ0n) is 12.8. The maximum absolute atomic E-state index is 12.8. The number of hydrogen-bond acceptors (Lipinski definition) is 4. The van der Waals surface area contributed by atoms with Gasteiger partial charge in [-0.2, -0.15) is 0 Å². The second-order valence-electron chi connectivity index (χ2n) is 5.21. The number of fused-ring (bicyclic) bond motifs is 1. The van der Waals surface area contributed by atoms with Gasteiger partial charge in [0.15, 0.2) is 0 Å². The van der Waals surface area contributed by atoms with Crippen molar-refractivity contribution in [2.24, 2.45) is 0 Å². The predicted molar refractivity (Wildman–Crippen MR) is 90.4 cm³/mol. The van der Waals surface area contributed by atoms with Crippen molar-refractivity contribution in [3.63, 3.8) is 0 Å². The largest absolute Gasteiger partial charge is 0.465 e. The number of aromatic nitrogens is 1. The van der Waals surface area contributed by atoms with Crippen LogP contribution in [0.15, 0.2) is 59.5 Å². The molecule has 25 heavy (non-hydrogen) atoms. The van der Waals surface area contributed by atoms with Gasteiger partial charge in [-0.1, -0.05) is 12.1 Å². The molecule has 0 spiro atoms. The fourth-order valence-corrected chi connectivity index (χ4v) is 2.51. The molecule has 0 atom stereocenters. The van der Waals surface area contributed by atoms with E-state index in [1.54, 1.807) is 36.5 Å². The second kappa shape index (κ2) is 6.46. The number of carbonyl (C=O) groups is 2. The number of amides is 2. The summed E-state index contributed by atoms with van der Waals surface area (Å²) in [5.74, 6) is -0.718. The van der Waals surface area contributed by atoms with Crippen molar-refractivity contribution < 1.29 is 19.9 Å². The first kappa shape index (κ1) is 16.2. The highest BCUT2D eigenvalue weighted by Gasteiger charge is 2.10. The van der Waals surface area contributed by atoms with Gasteiger partial charge in [-0.3, -0.25) is 24.7 Å². The summed E-state index contributed by atoms with van der Waals surface area (Å²) in [7, 11) is 0. The van der Waals surface area contributed by atoms with Crippen LogP contribution >= 0.6 is 0 Å². The number of carboxylic acid groups (broad SMARTS) is 1. The number of hydrogen-bond donors (Lipinski definition) is 4. The lowest BCUT2D eigenvalue weighted by Gasteiger charge is -2.10. The van der Waals surface area contributed by atoms with Crippen LogP contribution < -0.4 is 16.4 Å². The van der Waals surface area contributed by atoms with Crippen LogP contribution in [0.1, 0.15) is 10.4 Å². The van der Waals surface area contributed by atoms with E-state index in [4.69, 9.17) is 10.3 Å². The van der Waals surface area contributed by atoms with Gasteiger partial charge in [0.05, 0.1) is 5.69 Å². The number of nitrogens with zero attached hydrogens (tertiary/aromatic N) is 1. The number of hydroxylamine groups is 1. The molecule has 8 nitrogen and oxygen atoms in total. The lowest BCUT2D eigenvalue weighted by atomic mass is 10.1. The van der Waals surface area contributed by atoms with Gasteiger partial charge in [0.1, 0.15) is 0 Å². The normalized spacial score (nSPS) is 10.4. The van der Waals surface area contributed by atoms with E-state index in [-0.39, 0.29) is 11.1 Å². The standard InChI is InChI=1S/C17H13N3O5/c21-15(19-25)11-5-4-10-6-7-20(16(22)14(10)8-11)13-3-1-2-12(9-13)18-17(23)24/h1-9,18,25H,(H,19,21)(H,23,24). The van der Waals surface area contributed by atoms with Crippen molar-refractivity contribution in [2.75, 3.05) is 5.32 Å². The Labute approximate surface area is 140 Å². The van der Waals surface area contributed by atoms with Crippen molar-refractivity contribution in [3.05, 3.63) is 70.6 Å². The maximum atomic E-state index is 12.8. The Balaban J connectivity index is 2.14. The molecule has 2 amide bonds. The van der Waals surface area contributed by atoms with Gasteiger partial charge in [-0.05, 0) is 41.8 Å². The van der Waals surface area contributed by atoms with E-state index in [1.807, 2.05) is 0 Å². The monoisotopic (exact) mass is 339 g/mol. The minimum atomic E-state index is -1.21. The molecule has 1 heterocycles. The van der Waals surface area contributed by atoms with Crippen molar-refractivity contribution >= 4 is 28.5 Å². The Kier molecular flexibility index (Phi) is 4.19. The van der Waals surface area contributed by atoms with E-state index in [0.717, 1.165) is 0 Å². The molecule has 1 aromatic heterocycles. The van der Waals surface area contributed by atoms with Crippen LogP contribution in [0.3, 0.4) is 0 Å². The molecule has 0 unspecified atom stereocenters. The molecule has 0 saturated heterocycles. The Morgan fingerprint density at radius 1 is 1.04 bits per heavy atom. The van der Waals surface area contributed by atoms with Gasteiger partial charge in [0, 0.05) is 22.8 Å². The lowest BCUT2D eigenvalue weighted by Crippen LogP contribution is -2.21. The number of anilines is 1. The summed E-state index contributed by atoms with van der Waals surface area (Å²) in [6.07, 6.45) is 0.360. The zero-order chi connectivity index (χ0) is 18.0. The van der Waals surface area contributed by atoms with Crippen molar-refractivity contribution in [2.45, 2.75) is 0 Å². The number of carbonyl (C=O) groups excluding carboxylic acids is 1. The van der Waals surface area contributed by atoms with E-state index in [1.165, 1.54) is 28.2 Å². The smallest absolute Gasteiger partial charge is 0.409 e. The Hall–Kier alpha value is -3.65. The fourth-order valence-electron chi connectivity index (χ4n) is 2.51. The molecule has 4 N–H and O–H groups in total. The molecule has 0 radical (unpaired) electrons. The molecule has 2 aromatic carbocycles. The molecular weight excluding hydrogens is 326 g/mol. The third-order valence-electron chi connectivity index (χ3n) is 3.64. The summed E-state index contributed by atoms with van der Waals surface area (Å²) in [4.78, 5) is 35.0. The van der Waals surface area contributed by atoms with Gasteiger partial charge in [0.2, 0.25) is 0 Å². The van der Waals surface area contributed by atoms with Crippen LogP contribution in [0.5, 0.6) is 0 Å². The first-order valence-electron chi connectivity index (χ1n) is 7.20. The van der Waals surface area contributed by atoms with E-state index in [9.17, 15) is 14.4 Å². The Morgan fingerprint density at radius 2 is 1.84 bits per heavy atom. The van der Waals surface area contributed by atoms with E-state index in [2.05, 4.69) is 5.32 Å². The molecule has 0 fully saturated rings. The quantitative estimate of drug-likeness (QED) is 0.431. The molecule has 0 saturated carbocycles. The SMILES string of the molecule is O=C(O)Nc1cccc(-n2ccc3ccc(C(=O)NO)cc3c2=O)c1. The minimum absolute atomic E-state index is 0.145. The fraction of sp³-hybridized carbons (Fsp3) is 0. The molecule has 126 valence electrons. The second-order valence-corrected chi connectivity index (χ2v) is 5.21. The summed E-state index contributed by atoms with van der Waals surface area (Å²) in [6, 6.07) is 12.5. The third-order valence-corrected chi connectivity index (χ3v) is 3.64. The summed E-state index contributed by atoms with van der Waals surface area (Å²) in [5, 5.41) is 20.7. The highest BCUT2D eigenvalue weighted by molar-refractivity contribution is 5.97. The minimum Gasteiger partial charge on any atom is -0.465 e. The van der Waals surface area contributed by atoms with Gasteiger partial charge >= 0.3 is 6.09 Å². The van der Waals surface area contributed by atoms with Crippen LogP contribution in [0, 0.1) is 0 Å². The Bertz CT molecular complexity index is 1040. The number of benzene rings is 2. The summed E-state index contributed by atoms with van der Waals surface area (Å²) < 4.78 is 1.34. The van der Waals surface area contributed by atoms with Crippen LogP contribution in [0.25, 0.3) is 16.5 Å². The molecule has 3 rings (SSSR count). The predicted octanol–water partition coefficient (Wildman–Crippen LogP) is 2.20. The van der Waals surface area contributed by atoms with Crippen molar-refractivity contribution in [3.8, 4) is 5.69 Å². The van der Waals surface area contributed by atoms with Gasteiger partial charge in [-0.25, -0.2) is 10.3 Å². The van der Waals surface area contributed by atoms with Crippen molar-refractivity contribution in [1.29, 1.82) is 0 Å². The van der Waals surface area contributed by atoms with Crippen LogP contribution in [0.4, 0.5) is 10.5 Å². The van der Waals surface area contributed by atoms with Crippen molar-refractivity contribution in [1.82, 2.24) is 10.0 Å². The molecule has 0 aliphatic rings. The van der Waals surface area contributed by atoms with Crippen LogP contribution in [-0.2, 0) is 0 Å². The topological polar surface area (TPSA) is 121 Å².